The van der Waals surface area contributed by atoms with E-state index in [2.05, 4.69) is 0 Å². The Balaban J connectivity index is 2.46. The van der Waals surface area contributed by atoms with E-state index in [0.717, 1.165) is 12.0 Å². The van der Waals surface area contributed by atoms with Crippen LogP contribution in [0.25, 0.3) is 0 Å². The minimum atomic E-state index is -0.528. The van der Waals surface area contributed by atoms with Crippen LogP contribution in [0.2, 0.25) is 0 Å². The highest BCUT2D eigenvalue weighted by Gasteiger charge is 2.08. The van der Waals surface area contributed by atoms with Crippen LogP contribution in [0.4, 0.5) is 4.39 Å². The molecule has 1 N–H and O–H groups in total. The summed E-state index contributed by atoms with van der Waals surface area (Å²) in [6.07, 6.45) is 0.927. The molecule has 3 heteroatoms. The van der Waals surface area contributed by atoms with Crippen molar-refractivity contribution in [2.45, 2.75) is 32.8 Å². The minimum absolute atomic E-state index is 0.231. The average Bonchev–Trinajstić information content (AvgIpc) is 2.28. The fourth-order valence-electron chi connectivity index (χ4n) is 1.56. The van der Waals surface area contributed by atoms with Crippen LogP contribution in [0.5, 0.6) is 0 Å². The second kappa shape index (κ2) is 6.61. The normalized spacial score (nSPS) is 12.8. The Morgan fingerprint density at radius 3 is 2.81 bits per heavy atom. The summed E-state index contributed by atoms with van der Waals surface area (Å²) >= 11 is 0. The zero-order valence-electron chi connectivity index (χ0n) is 9.87. The topological polar surface area (TPSA) is 29.5 Å². The molecule has 0 saturated heterocycles. The van der Waals surface area contributed by atoms with Gasteiger partial charge in [0.25, 0.3) is 0 Å². The van der Waals surface area contributed by atoms with Crippen LogP contribution in [0.3, 0.4) is 0 Å². The number of aliphatic hydroxyl groups is 1. The van der Waals surface area contributed by atoms with Crippen LogP contribution in [0.1, 0.15) is 37.0 Å². The molecule has 2 nitrogen and oxygen atoms in total. The lowest BCUT2D eigenvalue weighted by Crippen LogP contribution is -2.01. The number of hydrogen-bond acceptors (Lipinski definition) is 2. The van der Waals surface area contributed by atoms with Crippen LogP contribution in [0.15, 0.2) is 18.2 Å². The molecule has 90 valence electrons. The number of halogens is 1. The van der Waals surface area contributed by atoms with Gasteiger partial charge in [0.15, 0.2) is 0 Å². The van der Waals surface area contributed by atoms with Crippen LogP contribution >= 0.6 is 0 Å². The van der Waals surface area contributed by atoms with E-state index in [1.807, 2.05) is 6.92 Å². The molecule has 1 rings (SSSR count). The molecule has 1 aromatic rings. The Bertz CT molecular complexity index is 326. The fraction of sp³-hybridized carbons (Fsp3) is 0.538. The van der Waals surface area contributed by atoms with E-state index in [4.69, 9.17) is 4.74 Å². The third kappa shape index (κ3) is 3.91. The molecule has 0 spiro atoms. The highest BCUT2D eigenvalue weighted by Crippen LogP contribution is 2.20. The number of aryl methyl sites for hydroxylation is 1. The summed E-state index contributed by atoms with van der Waals surface area (Å²) in [4.78, 5) is 0. The molecular weight excluding hydrogens is 207 g/mol. The highest BCUT2D eigenvalue weighted by atomic mass is 19.1. The van der Waals surface area contributed by atoms with Gasteiger partial charge in [0.1, 0.15) is 5.82 Å². The molecule has 1 aromatic carbocycles. The number of ether oxygens (including phenoxy) is 1. The van der Waals surface area contributed by atoms with Crippen LogP contribution < -0.4 is 0 Å². The maximum Gasteiger partial charge on any atom is 0.126 e. The summed E-state index contributed by atoms with van der Waals surface area (Å²) in [5.74, 6) is -0.231. The first-order valence-corrected chi connectivity index (χ1v) is 5.67. The minimum Gasteiger partial charge on any atom is -0.388 e. The lowest BCUT2D eigenvalue weighted by atomic mass is 10.0. The SMILES string of the molecule is CCOCCCC(O)c1ccc(F)c(C)c1. The fourth-order valence-corrected chi connectivity index (χ4v) is 1.56. The third-order valence-electron chi connectivity index (χ3n) is 2.54. The molecule has 0 bridgehead atoms. The Labute approximate surface area is 96.1 Å². The van der Waals surface area contributed by atoms with Crippen molar-refractivity contribution < 1.29 is 14.2 Å². The van der Waals surface area contributed by atoms with E-state index in [9.17, 15) is 9.50 Å². The monoisotopic (exact) mass is 226 g/mol. The van der Waals surface area contributed by atoms with Gasteiger partial charge in [0, 0.05) is 13.2 Å². The Morgan fingerprint density at radius 2 is 2.19 bits per heavy atom. The molecular formula is C13H19FO2. The zero-order chi connectivity index (χ0) is 12.0. The molecule has 0 fully saturated rings. The standard InChI is InChI=1S/C13H19FO2/c1-3-16-8-4-5-13(15)11-6-7-12(14)10(2)9-11/h6-7,9,13,15H,3-5,8H2,1-2H3. The molecule has 0 radical (unpaired) electrons. The van der Waals surface area contributed by atoms with Gasteiger partial charge >= 0.3 is 0 Å². The third-order valence-corrected chi connectivity index (χ3v) is 2.54. The van der Waals surface area contributed by atoms with Gasteiger partial charge in [0.05, 0.1) is 6.10 Å². The van der Waals surface area contributed by atoms with Crippen LogP contribution in [-0.2, 0) is 4.74 Å². The first-order chi connectivity index (χ1) is 7.65. The molecule has 0 saturated carbocycles. The average molecular weight is 226 g/mol. The van der Waals surface area contributed by atoms with E-state index in [1.165, 1.54) is 6.07 Å². The number of aliphatic hydroxyl groups excluding tert-OH is 1. The number of rotatable bonds is 6. The van der Waals surface area contributed by atoms with Crippen molar-refractivity contribution in [2.75, 3.05) is 13.2 Å². The highest BCUT2D eigenvalue weighted by molar-refractivity contribution is 5.25. The molecule has 0 aliphatic carbocycles. The Hall–Kier alpha value is -0.930. The summed E-state index contributed by atoms with van der Waals surface area (Å²) in [6, 6.07) is 4.73. The smallest absolute Gasteiger partial charge is 0.126 e. The summed E-state index contributed by atoms with van der Waals surface area (Å²) in [5.41, 5.74) is 1.34. The molecule has 1 atom stereocenters. The van der Waals surface area contributed by atoms with Crippen molar-refractivity contribution in [1.29, 1.82) is 0 Å². The van der Waals surface area contributed by atoms with Gasteiger partial charge < -0.3 is 9.84 Å². The van der Waals surface area contributed by atoms with E-state index in [1.54, 1.807) is 19.1 Å². The molecule has 1 unspecified atom stereocenters. The van der Waals surface area contributed by atoms with E-state index < -0.39 is 6.10 Å². The van der Waals surface area contributed by atoms with Gasteiger partial charge in [-0.1, -0.05) is 12.1 Å². The molecule has 0 aliphatic heterocycles. The predicted molar refractivity (Wildman–Crippen MR) is 61.8 cm³/mol. The maximum absolute atomic E-state index is 13.0. The molecule has 16 heavy (non-hydrogen) atoms. The van der Waals surface area contributed by atoms with Crippen LogP contribution in [0, 0.1) is 12.7 Å². The first-order valence-electron chi connectivity index (χ1n) is 5.67. The van der Waals surface area contributed by atoms with Crippen molar-refractivity contribution in [2.24, 2.45) is 0 Å². The quantitative estimate of drug-likeness (QED) is 0.756. The lowest BCUT2D eigenvalue weighted by molar-refractivity contribution is 0.114. The van der Waals surface area contributed by atoms with Gasteiger partial charge in [-0.3, -0.25) is 0 Å². The van der Waals surface area contributed by atoms with Gasteiger partial charge in [0.2, 0.25) is 0 Å². The van der Waals surface area contributed by atoms with Crippen molar-refractivity contribution in [3.8, 4) is 0 Å². The van der Waals surface area contributed by atoms with Crippen LogP contribution in [-0.4, -0.2) is 18.3 Å². The zero-order valence-corrected chi connectivity index (χ0v) is 9.87. The molecule has 0 heterocycles. The summed E-state index contributed by atoms with van der Waals surface area (Å²) < 4.78 is 18.2. The number of hydrogen-bond donors (Lipinski definition) is 1. The Morgan fingerprint density at radius 1 is 1.44 bits per heavy atom. The predicted octanol–water partition coefficient (Wildman–Crippen LogP) is 2.98. The van der Waals surface area contributed by atoms with Crippen molar-refractivity contribution in [3.05, 3.63) is 35.1 Å². The van der Waals surface area contributed by atoms with Gasteiger partial charge in [-0.2, -0.15) is 0 Å². The molecule has 0 amide bonds. The van der Waals surface area contributed by atoms with Gasteiger partial charge in [-0.15, -0.1) is 0 Å². The van der Waals surface area contributed by atoms with Crippen molar-refractivity contribution >= 4 is 0 Å². The van der Waals surface area contributed by atoms with Gasteiger partial charge in [-0.05, 0) is 43.9 Å². The van der Waals surface area contributed by atoms with Crippen molar-refractivity contribution in [1.82, 2.24) is 0 Å². The summed E-state index contributed by atoms with van der Waals surface area (Å²) in [5, 5.41) is 9.86. The maximum atomic E-state index is 13.0. The van der Waals surface area contributed by atoms with E-state index in [-0.39, 0.29) is 5.82 Å². The Kier molecular flexibility index (Phi) is 5.43. The molecule has 0 aliphatic rings. The van der Waals surface area contributed by atoms with Gasteiger partial charge in [-0.25, -0.2) is 4.39 Å². The second-order valence-corrected chi connectivity index (χ2v) is 3.86. The molecule has 0 aromatic heterocycles. The largest absolute Gasteiger partial charge is 0.388 e. The van der Waals surface area contributed by atoms with Crippen molar-refractivity contribution in [3.63, 3.8) is 0 Å². The lowest BCUT2D eigenvalue weighted by Gasteiger charge is -2.11. The van der Waals surface area contributed by atoms with E-state index in [0.29, 0.717) is 25.2 Å². The second-order valence-electron chi connectivity index (χ2n) is 3.86. The van der Waals surface area contributed by atoms with E-state index >= 15 is 0 Å². The summed E-state index contributed by atoms with van der Waals surface area (Å²) in [7, 11) is 0. The first kappa shape index (κ1) is 13.1. The number of benzene rings is 1. The summed E-state index contributed by atoms with van der Waals surface area (Å²) in [6.45, 7) is 5.00.